The predicted molar refractivity (Wildman–Crippen MR) is 59.3 cm³/mol. The van der Waals surface area contributed by atoms with Gasteiger partial charge in [-0.15, -0.1) is 0 Å². The highest BCUT2D eigenvalue weighted by Crippen LogP contribution is 2.28. The molecule has 0 saturated carbocycles. The second-order valence-electron chi connectivity index (χ2n) is 3.81. The van der Waals surface area contributed by atoms with Crippen LogP contribution in [0.25, 0.3) is 10.9 Å². The number of fused-ring (bicyclic) bond motifs is 3. The molecular formula is C11H10BrNO. The second-order valence-corrected chi connectivity index (χ2v) is 4.72. The van der Waals surface area contributed by atoms with E-state index in [0.29, 0.717) is 0 Å². The first-order valence-corrected chi connectivity index (χ1v) is 5.49. The molecule has 0 fully saturated rings. The number of halogens is 1. The zero-order valence-corrected chi connectivity index (χ0v) is 9.16. The van der Waals surface area contributed by atoms with Crippen molar-refractivity contribution in [1.29, 1.82) is 0 Å². The average Bonchev–Trinajstić information content (AvgIpc) is 2.62. The Balaban J connectivity index is 2.30. The highest BCUT2D eigenvalue weighted by molar-refractivity contribution is 9.10. The Kier molecular flexibility index (Phi) is 1.73. The smallest absolute Gasteiger partial charge is 0.0773 e. The van der Waals surface area contributed by atoms with Crippen LogP contribution in [0.1, 0.15) is 5.69 Å². The number of nitrogens with zero attached hydrogens (tertiary/aromatic N) is 1. The van der Waals surface area contributed by atoms with Crippen LogP contribution in [-0.2, 0) is 13.0 Å². The molecule has 1 atom stereocenters. The maximum atomic E-state index is 9.54. The summed E-state index contributed by atoms with van der Waals surface area (Å²) < 4.78 is 3.29. The summed E-state index contributed by atoms with van der Waals surface area (Å²) in [6.07, 6.45) is 0.583. The highest BCUT2D eigenvalue weighted by Gasteiger charge is 2.21. The van der Waals surface area contributed by atoms with Crippen molar-refractivity contribution in [2.24, 2.45) is 0 Å². The van der Waals surface area contributed by atoms with Gasteiger partial charge in [0.25, 0.3) is 0 Å². The molecule has 0 amide bonds. The molecule has 2 heterocycles. The molecule has 0 saturated heterocycles. The minimum absolute atomic E-state index is 0.201. The minimum atomic E-state index is -0.201. The molecule has 0 bridgehead atoms. The van der Waals surface area contributed by atoms with Gasteiger partial charge < -0.3 is 9.67 Å². The summed E-state index contributed by atoms with van der Waals surface area (Å²) in [5.41, 5.74) is 2.46. The van der Waals surface area contributed by atoms with Gasteiger partial charge in [-0.05, 0) is 23.6 Å². The van der Waals surface area contributed by atoms with Crippen molar-refractivity contribution in [2.45, 2.75) is 19.1 Å². The maximum Gasteiger partial charge on any atom is 0.0773 e. The van der Waals surface area contributed by atoms with E-state index in [1.165, 1.54) is 16.6 Å². The summed E-state index contributed by atoms with van der Waals surface area (Å²) in [6, 6.07) is 8.43. The van der Waals surface area contributed by atoms with E-state index in [-0.39, 0.29) is 6.10 Å². The molecule has 2 nitrogen and oxygen atoms in total. The van der Waals surface area contributed by atoms with Gasteiger partial charge in [0.1, 0.15) is 0 Å². The standard InChI is InChI=1S/C11H10BrNO/c12-8-2-1-7-3-9-5-10(14)6-13(9)11(7)4-8/h1-4,10,14H,5-6H2. The molecule has 0 radical (unpaired) electrons. The van der Waals surface area contributed by atoms with Crippen LogP contribution in [0.15, 0.2) is 28.7 Å². The van der Waals surface area contributed by atoms with Crippen molar-refractivity contribution in [2.75, 3.05) is 0 Å². The molecule has 1 unspecified atom stereocenters. The number of hydrogen-bond acceptors (Lipinski definition) is 1. The second kappa shape index (κ2) is 2.84. The normalized spacial score (nSPS) is 20.3. The monoisotopic (exact) mass is 251 g/mol. The lowest BCUT2D eigenvalue weighted by Crippen LogP contribution is -2.06. The van der Waals surface area contributed by atoms with E-state index in [2.05, 4.69) is 44.8 Å². The molecule has 0 aliphatic carbocycles. The van der Waals surface area contributed by atoms with E-state index in [1.54, 1.807) is 0 Å². The summed E-state index contributed by atoms with van der Waals surface area (Å²) >= 11 is 3.46. The lowest BCUT2D eigenvalue weighted by molar-refractivity contribution is 0.176. The van der Waals surface area contributed by atoms with Crippen molar-refractivity contribution < 1.29 is 5.11 Å². The van der Waals surface area contributed by atoms with Crippen LogP contribution >= 0.6 is 15.9 Å². The average molecular weight is 252 g/mol. The predicted octanol–water partition coefficient (Wildman–Crippen LogP) is 2.32. The first-order chi connectivity index (χ1) is 6.74. The molecule has 72 valence electrons. The Hall–Kier alpha value is -0.800. The summed E-state index contributed by atoms with van der Waals surface area (Å²) in [5.74, 6) is 0. The SMILES string of the molecule is OC1Cc2cc3ccc(Br)cc3n2C1. The zero-order chi connectivity index (χ0) is 9.71. The van der Waals surface area contributed by atoms with Gasteiger partial charge >= 0.3 is 0 Å². The Morgan fingerprint density at radius 2 is 2.21 bits per heavy atom. The maximum absolute atomic E-state index is 9.54. The molecule has 14 heavy (non-hydrogen) atoms. The van der Waals surface area contributed by atoms with Crippen molar-refractivity contribution in [1.82, 2.24) is 4.57 Å². The number of aromatic nitrogens is 1. The lowest BCUT2D eigenvalue weighted by Gasteiger charge is -2.02. The number of aliphatic hydroxyl groups is 1. The van der Waals surface area contributed by atoms with Gasteiger partial charge in [-0.3, -0.25) is 0 Å². The van der Waals surface area contributed by atoms with E-state index < -0.39 is 0 Å². The minimum Gasteiger partial charge on any atom is -0.391 e. The third kappa shape index (κ3) is 1.12. The van der Waals surface area contributed by atoms with E-state index in [1.807, 2.05) is 0 Å². The quantitative estimate of drug-likeness (QED) is 0.764. The molecule has 1 aliphatic rings. The van der Waals surface area contributed by atoms with E-state index >= 15 is 0 Å². The largest absolute Gasteiger partial charge is 0.391 e. The fourth-order valence-electron chi connectivity index (χ4n) is 2.19. The van der Waals surface area contributed by atoms with Crippen LogP contribution in [-0.4, -0.2) is 15.8 Å². The molecule has 1 N–H and O–H groups in total. The van der Waals surface area contributed by atoms with Gasteiger partial charge in [0, 0.05) is 28.6 Å². The molecule has 3 rings (SSSR count). The first-order valence-electron chi connectivity index (χ1n) is 4.70. The fraction of sp³-hybridized carbons (Fsp3) is 0.273. The molecule has 0 spiro atoms. The summed E-state index contributed by atoms with van der Waals surface area (Å²) in [7, 11) is 0. The third-order valence-corrected chi connectivity index (χ3v) is 3.28. The van der Waals surface area contributed by atoms with Crippen LogP contribution in [0, 0.1) is 0 Å². The van der Waals surface area contributed by atoms with Gasteiger partial charge in [-0.25, -0.2) is 0 Å². The van der Waals surface area contributed by atoms with Gasteiger partial charge in [-0.1, -0.05) is 22.0 Å². The third-order valence-electron chi connectivity index (χ3n) is 2.79. The van der Waals surface area contributed by atoms with Gasteiger partial charge in [0.05, 0.1) is 6.10 Å². The molecule has 1 aromatic carbocycles. The van der Waals surface area contributed by atoms with Crippen molar-refractivity contribution in [3.05, 3.63) is 34.4 Å². The van der Waals surface area contributed by atoms with Crippen LogP contribution in [0.5, 0.6) is 0 Å². The lowest BCUT2D eigenvalue weighted by atomic mass is 10.2. The van der Waals surface area contributed by atoms with E-state index in [4.69, 9.17) is 0 Å². The number of rotatable bonds is 0. The zero-order valence-electron chi connectivity index (χ0n) is 7.57. The van der Waals surface area contributed by atoms with Crippen molar-refractivity contribution in [3.63, 3.8) is 0 Å². The Morgan fingerprint density at radius 3 is 3.07 bits per heavy atom. The molecule has 1 aliphatic heterocycles. The van der Waals surface area contributed by atoms with Gasteiger partial charge in [0.2, 0.25) is 0 Å². The molecular weight excluding hydrogens is 242 g/mol. The molecule has 2 aromatic rings. The van der Waals surface area contributed by atoms with Crippen LogP contribution in [0.3, 0.4) is 0 Å². The fourth-order valence-corrected chi connectivity index (χ4v) is 2.54. The number of hydrogen-bond donors (Lipinski definition) is 1. The van der Waals surface area contributed by atoms with Gasteiger partial charge in [-0.2, -0.15) is 0 Å². The first kappa shape index (κ1) is 8.50. The van der Waals surface area contributed by atoms with Gasteiger partial charge in [0.15, 0.2) is 0 Å². The summed E-state index contributed by atoms with van der Waals surface area (Å²) in [6.45, 7) is 0.731. The summed E-state index contributed by atoms with van der Waals surface area (Å²) in [5, 5.41) is 10.8. The Morgan fingerprint density at radius 1 is 1.36 bits per heavy atom. The molecule has 1 aromatic heterocycles. The molecule has 3 heteroatoms. The Bertz CT molecular complexity index is 503. The Labute approximate surface area is 90.3 Å². The van der Waals surface area contributed by atoms with E-state index in [0.717, 1.165) is 17.4 Å². The summed E-state index contributed by atoms with van der Waals surface area (Å²) in [4.78, 5) is 0. The highest BCUT2D eigenvalue weighted by atomic mass is 79.9. The number of aliphatic hydroxyl groups excluding tert-OH is 1. The topological polar surface area (TPSA) is 25.2 Å². The van der Waals surface area contributed by atoms with Crippen LogP contribution in [0.2, 0.25) is 0 Å². The number of benzene rings is 1. The van der Waals surface area contributed by atoms with Crippen molar-refractivity contribution in [3.8, 4) is 0 Å². The van der Waals surface area contributed by atoms with Crippen molar-refractivity contribution >= 4 is 26.8 Å². The van der Waals surface area contributed by atoms with Crippen LogP contribution < -0.4 is 0 Å². The van der Waals surface area contributed by atoms with Crippen LogP contribution in [0.4, 0.5) is 0 Å². The van der Waals surface area contributed by atoms with E-state index in [9.17, 15) is 5.11 Å².